The second kappa shape index (κ2) is 14.7. The van der Waals surface area contributed by atoms with E-state index in [0.29, 0.717) is 17.0 Å². The molecule has 4 rings (SSSR count). The van der Waals surface area contributed by atoms with Gasteiger partial charge >= 0.3 is 5.97 Å². The number of carboxylic acids is 1. The van der Waals surface area contributed by atoms with E-state index in [-0.39, 0.29) is 11.7 Å². The molecular weight excluding hydrogens is 620 g/mol. The number of aliphatic carboxylic acids is 1. The molecule has 4 N–H and O–H groups in total. The first-order chi connectivity index (χ1) is 21.7. The van der Waals surface area contributed by atoms with Gasteiger partial charge in [-0.25, -0.2) is 13.6 Å². The molecule has 1 aliphatic heterocycles. The molecule has 0 radical (unpaired) electrons. The van der Waals surface area contributed by atoms with Crippen LogP contribution in [0, 0.1) is 17.0 Å². The summed E-state index contributed by atoms with van der Waals surface area (Å²) in [5.41, 5.74) is 1.03. The molecule has 244 valence electrons. The second-order valence-corrected chi connectivity index (χ2v) is 13.0. The molecule has 0 spiro atoms. The maximum Gasteiger partial charge on any atom is 0.326 e. The molecule has 46 heavy (non-hydrogen) atoms. The van der Waals surface area contributed by atoms with Gasteiger partial charge in [-0.2, -0.15) is 0 Å². The van der Waals surface area contributed by atoms with Crippen molar-refractivity contribution in [3.8, 4) is 5.75 Å². The summed E-state index contributed by atoms with van der Waals surface area (Å²) < 4.78 is 32.4. The number of aliphatic hydroxyl groups excluding tert-OH is 1. The standard InChI is InChI=1S/C33H35F2N3O7S/c1-33(2,3)30(32(43)44)37-26(40)16-36-27(41)17-45-24-14-6-20(7-15-24)28-29(31(42)38(28)23-12-10-22(35)11-13-23)46-18-25(39)19-4-8-21(34)9-5-19/h4-15,25,28-30,39H,16-18H2,1-3H3,(H,36,41)(H,37,40)(H,43,44)/t25-,28-,29-,30+/m1/s1. The van der Waals surface area contributed by atoms with Gasteiger partial charge in [0.1, 0.15) is 28.7 Å². The van der Waals surface area contributed by atoms with Gasteiger partial charge in [0.15, 0.2) is 6.61 Å². The van der Waals surface area contributed by atoms with Gasteiger partial charge in [-0.05, 0) is 65.1 Å². The van der Waals surface area contributed by atoms with Crippen molar-refractivity contribution in [1.29, 1.82) is 0 Å². The zero-order chi connectivity index (χ0) is 33.6. The lowest BCUT2D eigenvalue weighted by atomic mass is 9.87. The number of β-lactam (4-membered cyclic amide) rings is 1. The highest BCUT2D eigenvalue weighted by Crippen LogP contribution is 2.46. The van der Waals surface area contributed by atoms with E-state index in [2.05, 4.69) is 10.6 Å². The van der Waals surface area contributed by atoms with E-state index in [1.165, 1.54) is 60.3 Å². The largest absolute Gasteiger partial charge is 0.484 e. The van der Waals surface area contributed by atoms with Gasteiger partial charge in [0, 0.05) is 11.4 Å². The van der Waals surface area contributed by atoms with Gasteiger partial charge in [0.05, 0.1) is 18.7 Å². The quantitative estimate of drug-likeness (QED) is 0.202. The third kappa shape index (κ3) is 8.61. The fourth-order valence-electron chi connectivity index (χ4n) is 4.81. The lowest BCUT2D eigenvalue weighted by Gasteiger charge is -2.47. The molecule has 3 amide bonds. The van der Waals surface area contributed by atoms with Gasteiger partial charge in [0.25, 0.3) is 5.91 Å². The van der Waals surface area contributed by atoms with Gasteiger partial charge in [-0.3, -0.25) is 14.4 Å². The van der Waals surface area contributed by atoms with E-state index < -0.39 is 71.4 Å². The summed E-state index contributed by atoms with van der Waals surface area (Å²) >= 11 is 1.26. The van der Waals surface area contributed by atoms with Crippen molar-refractivity contribution in [3.05, 3.63) is 95.6 Å². The Labute approximate surface area is 269 Å². The first-order valence-corrected chi connectivity index (χ1v) is 15.4. The third-order valence-corrected chi connectivity index (χ3v) is 8.62. The SMILES string of the molecule is CC(C)(C)[C@@H](NC(=O)CNC(=O)COc1ccc([C@@H]2[C@@H](SC[C@@H](O)c3ccc(F)cc3)C(=O)N2c2ccc(F)cc2)cc1)C(=O)O. The van der Waals surface area contributed by atoms with Crippen molar-refractivity contribution in [2.24, 2.45) is 5.41 Å². The Bertz CT molecular complexity index is 1550. The van der Waals surface area contributed by atoms with E-state index in [1.807, 2.05) is 0 Å². The van der Waals surface area contributed by atoms with E-state index in [0.717, 1.165) is 5.56 Å². The van der Waals surface area contributed by atoms with Crippen molar-refractivity contribution in [1.82, 2.24) is 10.6 Å². The smallest absolute Gasteiger partial charge is 0.326 e. The molecule has 10 nitrogen and oxygen atoms in total. The zero-order valence-corrected chi connectivity index (χ0v) is 26.2. The monoisotopic (exact) mass is 655 g/mol. The van der Waals surface area contributed by atoms with Crippen molar-refractivity contribution in [2.75, 3.05) is 23.8 Å². The first kappa shape index (κ1) is 34.4. The molecular formula is C33H35F2N3O7S. The van der Waals surface area contributed by atoms with Crippen LogP contribution in [0.4, 0.5) is 14.5 Å². The summed E-state index contributed by atoms with van der Waals surface area (Å²) in [5, 5.41) is 24.2. The van der Waals surface area contributed by atoms with Gasteiger partial charge in [-0.15, -0.1) is 11.8 Å². The minimum atomic E-state index is -1.18. The average molecular weight is 656 g/mol. The van der Waals surface area contributed by atoms with Crippen LogP contribution in [-0.4, -0.2) is 64.1 Å². The summed E-state index contributed by atoms with van der Waals surface area (Å²) in [6, 6.07) is 16.2. The zero-order valence-electron chi connectivity index (χ0n) is 25.4. The van der Waals surface area contributed by atoms with Crippen LogP contribution >= 0.6 is 11.8 Å². The molecule has 0 aliphatic carbocycles. The fourth-order valence-corrected chi connectivity index (χ4v) is 6.11. The lowest BCUT2D eigenvalue weighted by molar-refractivity contribution is -0.144. The highest BCUT2D eigenvalue weighted by molar-refractivity contribution is 8.00. The number of anilines is 1. The number of hydrogen-bond acceptors (Lipinski definition) is 7. The number of ether oxygens (including phenoxy) is 1. The number of carbonyl (C=O) groups excluding carboxylic acids is 3. The molecule has 0 unspecified atom stereocenters. The van der Waals surface area contributed by atoms with E-state index in [1.54, 1.807) is 49.9 Å². The van der Waals surface area contributed by atoms with Crippen LogP contribution < -0.4 is 20.3 Å². The minimum Gasteiger partial charge on any atom is -0.484 e. The van der Waals surface area contributed by atoms with Crippen LogP contribution in [-0.2, 0) is 19.2 Å². The summed E-state index contributed by atoms with van der Waals surface area (Å²) in [6.07, 6.45) is -0.927. The number of aliphatic hydroxyl groups is 1. The Morgan fingerprint density at radius 3 is 2.09 bits per heavy atom. The Balaban J connectivity index is 1.37. The number of benzene rings is 3. The molecule has 1 heterocycles. The van der Waals surface area contributed by atoms with Crippen LogP contribution in [0.15, 0.2) is 72.8 Å². The van der Waals surface area contributed by atoms with Crippen molar-refractivity contribution >= 4 is 41.1 Å². The summed E-state index contributed by atoms with van der Waals surface area (Å²) in [5.74, 6) is -2.99. The summed E-state index contributed by atoms with van der Waals surface area (Å²) in [4.78, 5) is 50.7. The van der Waals surface area contributed by atoms with Crippen LogP contribution in [0.1, 0.15) is 44.0 Å². The van der Waals surface area contributed by atoms with Gasteiger partial charge in [-0.1, -0.05) is 45.0 Å². The second-order valence-electron chi connectivity index (χ2n) is 11.8. The maximum atomic E-state index is 13.6. The van der Waals surface area contributed by atoms with E-state index in [4.69, 9.17) is 4.74 Å². The Hall–Kier alpha value is -4.49. The molecule has 3 aromatic rings. The van der Waals surface area contributed by atoms with E-state index in [9.17, 15) is 38.2 Å². The number of hydrogen-bond donors (Lipinski definition) is 4. The number of nitrogens with one attached hydrogen (secondary N) is 2. The van der Waals surface area contributed by atoms with E-state index >= 15 is 0 Å². The Kier molecular flexibility index (Phi) is 11.0. The lowest BCUT2D eigenvalue weighted by Crippen LogP contribution is -2.57. The molecule has 13 heteroatoms. The molecule has 0 bridgehead atoms. The van der Waals surface area contributed by atoms with Crippen molar-refractivity contribution in [3.63, 3.8) is 0 Å². The van der Waals surface area contributed by atoms with Gasteiger partial charge < -0.3 is 30.5 Å². The highest BCUT2D eigenvalue weighted by Gasteiger charge is 2.49. The van der Waals surface area contributed by atoms with Crippen LogP contribution in [0.25, 0.3) is 0 Å². The average Bonchev–Trinajstić information content (AvgIpc) is 3.01. The summed E-state index contributed by atoms with van der Waals surface area (Å²) in [6.45, 7) is 4.19. The van der Waals surface area contributed by atoms with Crippen LogP contribution in [0.5, 0.6) is 5.75 Å². The molecule has 3 aromatic carbocycles. The normalized spacial score (nSPS) is 17.4. The molecule has 1 fully saturated rings. The number of carbonyl (C=O) groups is 4. The highest BCUT2D eigenvalue weighted by atomic mass is 32.2. The third-order valence-electron chi connectivity index (χ3n) is 7.29. The molecule has 0 aromatic heterocycles. The molecule has 1 aliphatic rings. The number of halogens is 2. The molecule has 0 saturated carbocycles. The van der Waals surface area contributed by atoms with Gasteiger partial charge in [0.2, 0.25) is 11.8 Å². The van der Waals surface area contributed by atoms with Crippen LogP contribution in [0.2, 0.25) is 0 Å². The Morgan fingerprint density at radius 2 is 1.52 bits per heavy atom. The van der Waals surface area contributed by atoms with Crippen molar-refractivity contribution in [2.45, 2.75) is 44.2 Å². The molecule has 1 saturated heterocycles. The first-order valence-electron chi connectivity index (χ1n) is 14.4. The number of nitrogens with zero attached hydrogens (tertiary/aromatic N) is 1. The molecule has 4 atom stereocenters. The topological polar surface area (TPSA) is 145 Å². The fraction of sp³-hybridized carbons (Fsp3) is 0.333. The van der Waals surface area contributed by atoms with Crippen LogP contribution in [0.3, 0.4) is 0 Å². The summed E-state index contributed by atoms with van der Waals surface area (Å²) in [7, 11) is 0. The minimum absolute atomic E-state index is 0.178. The predicted octanol–water partition coefficient (Wildman–Crippen LogP) is 4.00. The number of thioether (sulfide) groups is 1. The Morgan fingerprint density at radius 1 is 0.935 bits per heavy atom. The predicted molar refractivity (Wildman–Crippen MR) is 168 cm³/mol. The maximum absolute atomic E-state index is 13.6. The number of rotatable bonds is 13. The van der Waals surface area contributed by atoms with Crippen molar-refractivity contribution < 1.29 is 42.9 Å². The number of amides is 3. The number of carboxylic acid groups (broad SMARTS) is 1.